The van der Waals surface area contributed by atoms with Crippen LogP contribution in [0, 0.1) is 5.92 Å². The number of allylic oxidation sites excluding steroid dienone is 10. The Kier molecular flexibility index (Phi) is 17.2. The van der Waals surface area contributed by atoms with Gasteiger partial charge in [-0.1, -0.05) is 81.0 Å². The van der Waals surface area contributed by atoms with E-state index in [1.54, 1.807) is 0 Å². The first-order valence-corrected chi connectivity index (χ1v) is 9.68. The van der Waals surface area contributed by atoms with Crippen LogP contribution >= 0.6 is 0 Å². The van der Waals surface area contributed by atoms with Crippen LogP contribution in [-0.2, 0) is 4.79 Å². The third-order valence-electron chi connectivity index (χ3n) is 3.75. The van der Waals surface area contributed by atoms with Crippen molar-refractivity contribution in [1.29, 1.82) is 0 Å². The second kappa shape index (κ2) is 18.5. The zero-order valence-corrected chi connectivity index (χ0v) is 16.1. The molecule has 0 aliphatic rings. The predicted octanol–water partition coefficient (Wildman–Crippen LogP) is 7.02. The Labute approximate surface area is 154 Å². The molecule has 0 aromatic heterocycles. The van der Waals surface area contributed by atoms with Crippen LogP contribution in [-0.4, -0.2) is 11.1 Å². The smallest absolute Gasteiger partial charge is 0.303 e. The van der Waals surface area contributed by atoms with E-state index in [0.29, 0.717) is 12.3 Å². The van der Waals surface area contributed by atoms with Gasteiger partial charge < -0.3 is 5.11 Å². The highest BCUT2D eigenvalue weighted by molar-refractivity contribution is 5.66. The first-order valence-electron chi connectivity index (χ1n) is 9.68. The summed E-state index contributed by atoms with van der Waals surface area (Å²) in [5, 5.41) is 8.55. The zero-order valence-electron chi connectivity index (χ0n) is 16.1. The van der Waals surface area contributed by atoms with Crippen molar-refractivity contribution in [3.8, 4) is 0 Å². The van der Waals surface area contributed by atoms with Crippen molar-refractivity contribution in [2.24, 2.45) is 5.92 Å². The van der Waals surface area contributed by atoms with Gasteiger partial charge in [-0.05, 0) is 50.9 Å². The molecule has 0 fully saturated rings. The fourth-order valence-corrected chi connectivity index (χ4v) is 2.26. The molecule has 0 aromatic carbocycles. The average Bonchev–Trinajstić information content (AvgIpc) is 2.58. The second-order valence-electron chi connectivity index (χ2n) is 6.33. The molecule has 0 bridgehead atoms. The largest absolute Gasteiger partial charge is 0.481 e. The Morgan fingerprint density at radius 1 is 0.840 bits per heavy atom. The van der Waals surface area contributed by atoms with E-state index < -0.39 is 5.97 Å². The normalized spacial score (nSPS) is 14.0. The Hall–Kier alpha value is -1.83. The Bertz CT molecular complexity index is 453. The minimum absolute atomic E-state index is 0.296. The maximum absolute atomic E-state index is 10.4. The molecule has 0 amide bonds. The Morgan fingerprint density at radius 3 is 2.32 bits per heavy atom. The van der Waals surface area contributed by atoms with E-state index in [-0.39, 0.29) is 0 Å². The SMILES string of the molecule is CCC=CCCC=CC=CC=CC(C)CC=CCCCCCC(=O)O. The van der Waals surface area contributed by atoms with Crippen molar-refractivity contribution in [2.45, 2.75) is 71.6 Å². The monoisotopic (exact) mass is 344 g/mol. The summed E-state index contributed by atoms with van der Waals surface area (Å²) in [6, 6.07) is 0. The van der Waals surface area contributed by atoms with Gasteiger partial charge in [-0.15, -0.1) is 0 Å². The molecule has 0 saturated heterocycles. The van der Waals surface area contributed by atoms with E-state index in [4.69, 9.17) is 5.11 Å². The van der Waals surface area contributed by atoms with Crippen molar-refractivity contribution in [3.05, 3.63) is 60.8 Å². The molecular formula is C23H36O2. The molecular weight excluding hydrogens is 308 g/mol. The molecule has 0 aliphatic carbocycles. The number of hydrogen-bond donors (Lipinski definition) is 1. The molecule has 0 heterocycles. The van der Waals surface area contributed by atoms with Crippen molar-refractivity contribution < 1.29 is 9.90 Å². The molecule has 0 rings (SSSR count). The topological polar surface area (TPSA) is 37.3 Å². The van der Waals surface area contributed by atoms with E-state index in [0.717, 1.165) is 51.4 Å². The molecule has 0 spiro atoms. The summed E-state index contributed by atoms with van der Waals surface area (Å²) in [7, 11) is 0. The summed E-state index contributed by atoms with van der Waals surface area (Å²) < 4.78 is 0. The first-order chi connectivity index (χ1) is 12.2. The third kappa shape index (κ3) is 20.1. The van der Waals surface area contributed by atoms with Gasteiger partial charge in [-0.2, -0.15) is 0 Å². The second-order valence-corrected chi connectivity index (χ2v) is 6.33. The summed E-state index contributed by atoms with van der Waals surface area (Å²) >= 11 is 0. The van der Waals surface area contributed by atoms with Gasteiger partial charge in [0.15, 0.2) is 0 Å². The van der Waals surface area contributed by atoms with Crippen LogP contribution in [0.5, 0.6) is 0 Å². The lowest BCUT2D eigenvalue weighted by Crippen LogP contribution is -1.93. The van der Waals surface area contributed by atoms with Crippen molar-refractivity contribution in [3.63, 3.8) is 0 Å². The summed E-state index contributed by atoms with van der Waals surface area (Å²) in [6.07, 6.45) is 30.3. The number of aliphatic carboxylic acids is 1. The number of carbonyl (C=O) groups is 1. The maximum atomic E-state index is 10.4. The molecule has 25 heavy (non-hydrogen) atoms. The Balaban J connectivity index is 3.64. The lowest BCUT2D eigenvalue weighted by atomic mass is 10.1. The standard InChI is InChI=1S/C23H36O2/c1-3-4-5-6-7-8-9-10-13-16-19-22(2)20-17-14-11-12-15-18-21-23(24)25/h4-5,8-10,13-14,16-17,19,22H,3,6-7,11-12,15,18,20-21H2,1-2H3,(H,24,25). The van der Waals surface area contributed by atoms with Gasteiger partial charge in [0.2, 0.25) is 0 Å². The molecule has 0 saturated carbocycles. The maximum Gasteiger partial charge on any atom is 0.303 e. The lowest BCUT2D eigenvalue weighted by molar-refractivity contribution is -0.137. The molecule has 0 aliphatic heterocycles. The van der Waals surface area contributed by atoms with Crippen LogP contribution in [0.15, 0.2) is 60.8 Å². The van der Waals surface area contributed by atoms with Crippen molar-refractivity contribution in [1.82, 2.24) is 0 Å². The fraction of sp³-hybridized carbons (Fsp3) is 0.522. The summed E-state index contributed by atoms with van der Waals surface area (Å²) in [5.74, 6) is -0.152. The predicted molar refractivity (Wildman–Crippen MR) is 110 cm³/mol. The highest BCUT2D eigenvalue weighted by atomic mass is 16.4. The molecule has 1 N–H and O–H groups in total. The van der Waals surface area contributed by atoms with Crippen molar-refractivity contribution >= 4 is 5.97 Å². The minimum atomic E-state index is -0.690. The molecule has 0 radical (unpaired) electrons. The summed E-state index contributed by atoms with van der Waals surface area (Å²) in [5.41, 5.74) is 0. The first kappa shape index (κ1) is 23.2. The summed E-state index contributed by atoms with van der Waals surface area (Å²) in [6.45, 7) is 4.38. The minimum Gasteiger partial charge on any atom is -0.481 e. The zero-order chi connectivity index (χ0) is 18.6. The van der Waals surface area contributed by atoms with Crippen LogP contribution in [0.3, 0.4) is 0 Å². The average molecular weight is 345 g/mol. The number of rotatable bonds is 15. The number of carboxylic acids is 1. The van der Waals surface area contributed by atoms with Gasteiger partial charge in [-0.25, -0.2) is 0 Å². The van der Waals surface area contributed by atoms with Gasteiger partial charge in [0.25, 0.3) is 0 Å². The van der Waals surface area contributed by atoms with Crippen LogP contribution in [0.4, 0.5) is 0 Å². The van der Waals surface area contributed by atoms with Crippen molar-refractivity contribution in [2.75, 3.05) is 0 Å². The van der Waals surface area contributed by atoms with E-state index >= 15 is 0 Å². The highest BCUT2D eigenvalue weighted by Crippen LogP contribution is 2.08. The third-order valence-corrected chi connectivity index (χ3v) is 3.75. The van der Waals surface area contributed by atoms with Crippen LogP contribution in [0.1, 0.15) is 71.6 Å². The van der Waals surface area contributed by atoms with E-state index in [9.17, 15) is 4.79 Å². The highest BCUT2D eigenvalue weighted by Gasteiger charge is 1.95. The summed E-state index contributed by atoms with van der Waals surface area (Å²) in [4.78, 5) is 10.4. The lowest BCUT2D eigenvalue weighted by Gasteiger charge is -2.00. The van der Waals surface area contributed by atoms with Gasteiger partial charge in [-0.3, -0.25) is 4.79 Å². The van der Waals surface area contributed by atoms with Gasteiger partial charge in [0, 0.05) is 6.42 Å². The van der Waals surface area contributed by atoms with E-state index in [1.165, 1.54) is 0 Å². The van der Waals surface area contributed by atoms with Crippen LogP contribution in [0.25, 0.3) is 0 Å². The Morgan fingerprint density at radius 2 is 1.56 bits per heavy atom. The van der Waals surface area contributed by atoms with Crippen LogP contribution < -0.4 is 0 Å². The molecule has 1 unspecified atom stereocenters. The number of carboxylic acid groups (broad SMARTS) is 1. The van der Waals surface area contributed by atoms with Crippen LogP contribution in [0.2, 0.25) is 0 Å². The molecule has 2 nitrogen and oxygen atoms in total. The van der Waals surface area contributed by atoms with E-state index in [1.807, 2.05) is 0 Å². The number of unbranched alkanes of at least 4 members (excludes halogenated alkanes) is 4. The number of hydrogen-bond acceptors (Lipinski definition) is 1. The van der Waals surface area contributed by atoms with Gasteiger partial charge >= 0.3 is 5.97 Å². The van der Waals surface area contributed by atoms with E-state index in [2.05, 4.69) is 74.6 Å². The van der Waals surface area contributed by atoms with Gasteiger partial charge in [0.1, 0.15) is 0 Å². The molecule has 0 aromatic rings. The quantitative estimate of drug-likeness (QED) is 0.197. The molecule has 1 atom stereocenters. The fourth-order valence-electron chi connectivity index (χ4n) is 2.26. The molecule has 140 valence electrons. The van der Waals surface area contributed by atoms with Gasteiger partial charge in [0.05, 0.1) is 0 Å². The molecule has 2 heteroatoms.